The van der Waals surface area contributed by atoms with E-state index in [0.717, 1.165) is 19.6 Å². The van der Waals surface area contributed by atoms with Crippen LogP contribution in [0.5, 0.6) is 0 Å². The Morgan fingerprint density at radius 3 is 2.68 bits per heavy atom. The predicted octanol–water partition coefficient (Wildman–Crippen LogP) is 3.85. The van der Waals surface area contributed by atoms with Crippen molar-refractivity contribution in [3.63, 3.8) is 0 Å². The van der Waals surface area contributed by atoms with Gasteiger partial charge in [0.05, 0.1) is 0 Å². The van der Waals surface area contributed by atoms with Crippen LogP contribution in [0.2, 0.25) is 0 Å². The van der Waals surface area contributed by atoms with Crippen LogP contribution in [0.4, 0.5) is 0 Å². The smallest absolute Gasteiger partial charge is 0.0349 e. The molecule has 2 rings (SSSR count). The second kappa shape index (κ2) is 6.51. The molecule has 104 valence electrons. The van der Waals surface area contributed by atoms with Gasteiger partial charge in [-0.15, -0.1) is 11.3 Å². The largest absolute Gasteiger partial charge is 0.312 e. The first kappa shape index (κ1) is 14.5. The van der Waals surface area contributed by atoms with Crippen molar-refractivity contribution in [1.82, 2.24) is 10.2 Å². The summed E-state index contributed by atoms with van der Waals surface area (Å²) in [5.74, 6) is 0. The van der Waals surface area contributed by atoms with Crippen LogP contribution in [-0.2, 0) is 13.1 Å². The lowest BCUT2D eigenvalue weighted by Crippen LogP contribution is -2.26. The summed E-state index contributed by atoms with van der Waals surface area (Å²) in [7, 11) is 2.20. The Bertz CT molecular complexity index is 531. The number of hydrogen-bond donors (Lipinski definition) is 1. The second-order valence-corrected chi connectivity index (χ2v) is 6.43. The Balaban J connectivity index is 2.36. The molecule has 1 aromatic carbocycles. The van der Waals surface area contributed by atoms with Gasteiger partial charge in [0.15, 0.2) is 0 Å². The van der Waals surface area contributed by atoms with E-state index in [9.17, 15) is 0 Å². The van der Waals surface area contributed by atoms with E-state index in [4.69, 9.17) is 0 Å². The van der Waals surface area contributed by atoms with Crippen LogP contribution in [0, 0.1) is 0 Å². The minimum absolute atomic E-state index is 0.575. The number of nitrogens with one attached hydrogen (secondary N) is 1. The highest BCUT2D eigenvalue weighted by molar-refractivity contribution is 7.19. The molecule has 0 spiro atoms. The molecule has 0 saturated carbocycles. The summed E-state index contributed by atoms with van der Waals surface area (Å²) in [4.78, 5) is 3.89. The summed E-state index contributed by atoms with van der Waals surface area (Å²) in [5.41, 5.74) is 1.50. The molecule has 0 radical (unpaired) electrons. The number of fused-ring (bicyclic) bond motifs is 1. The van der Waals surface area contributed by atoms with E-state index in [1.807, 2.05) is 11.3 Å². The second-order valence-electron chi connectivity index (χ2n) is 5.29. The molecule has 1 N–H and O–H groups in total. The molecule has 0 aliphatic rings. The Labute approximate surface area is 120 Å². The fraction of sp³-hybridized carbons (Fsp3) is 0.500. The molecule has 19 heavy (non-hydrogen) atoms. The number of hydrogen-bond acceptors (Lipinski definition) is 3. The van der Waals surface area contributed by atoms with Crippen LogP contribution in [0.3, 0.4) is 0 Å². The highest BCUT2D eigenvalue weighted by atomic mass is 32.1. The number of thiophene rings is 1. The van der Waals surface area contributed by atoms with E-state index in [2.05, 4.69) is 62.3 Å². The molecule has 2 aromatic rings. The maximum absolute atomic E-state index is 3.46. The first-order valence-electron chi connectivity index (χ1n) is 7.03. The Hall–Kier alpha value is -0.900. The molecule has 3 heteroatoms. The molecular formula is C16H24N2S. The van der Waals surface area contributed by atoms with Crippen molar-refractivity contribution in [3.8, 4) is 0 Å². The molecule has 0 amide bonds. The zero-order chi connectivity index (χ0) is 13.8. The van der Waals surface area contributed by atoms with Crippen molar-refractivity contribution >= 4 is 21.4 Å². The van der Waals surface area contributed by atoms with E-state index in [1.54, 1.807) is 0 Å². The molecule has 0 saturated heterocycles. The van der Waals surface area contributed by atoms with Crippen molar-refractivity contribution in [2.75, 3.05) is 13.6 Å². The van der Waals surface area contributed by atoms with E-state index in [-0.39, 0.29) is 0 Å². The summed E-state index contributed by atoms with van der Waals surface area (Å²) in [5, 5.41) is 4.88. The number of benzene rings is 1. The van der Waals surface area contributed by atoms with Crippen molar-refractivity contribution < 1.29 is 0 Å². The van der Waals surface area contributed by atoms with Gasteiger partial charge >= 0.3 is 0 Å². The van der Waals surface area contributed by atoms with E-state index >= 15 is 0 Å². The highest BCUT2D eigenvalue weighted by Gasteiger charge is 2.14. The van der Waals surface area contributed by atoms with Gasteiger partial charge in [0.25, 0.3) is 0 Å². The van der Waals surface area contributed by atoms with Crippen LogP contribution in [0.15, 0.2) is 24.3 Å². The summed E-state index contributed by atoms with van der Waals surface area (Å²) >= 11 is 1.93. The number of rotatable bonds is 6. The van der Waals surface area contributed by atoms with Gasteiger partial charge in [0, 0.05) is 28.7 Å². The molecule has 1 heterocycles. The monoisotopic (exact) mass is 276 g/mol. The summed E-state index contributed by atoms with van der Waals surface area (Å²) in [6, 6.07) is 9.33. The van der Waals surface area contributed by atoms with Crippen molar-refractivity contribution in [2.45, 2.75) is 39.9 Å². The average Bonchev–Trinajstić information content (AvgIpc) is 2.74. The van der Waals surface area contributed by atoms with Crippen molar-refractivity contribution in [3.05, 3.63) is 34.7 Å². The summed E-state index contributed by atoms with van der Waals surface area (Å²) in [6.07, 6.45) is 0. The zero-order valence-corrected chi connectivity index (χ0v) is 13.2. The lowest BCUT2D eigenvalue weighted by molar-refractivity contribution is 0.266. The Morgan fingerprint density at radius 2 is 2.00 bits per heavy atom. The summed E-state index contributed by atoms with van der Waals surface area (Å²) < 4.78 is 1.41. The molecule has 0 aliphatic heterocycles. The first-order valence-corrected chi connectivity index (χ1v) is 7.85. The maximum atomic E-state index is 3.46. The third-order valence-corrected chi connectivity index (χ3v) is 4.82. The SMILES string of the molecule is CCNCc1sc2ccccc2c1CN(C)C(C)C. The van der Waals surface area contributed by atoms with E-state index < -0.39 is 0 Å². The van der Waals surface area contributed by atoms with Gasteiger partial charge in [-0.2, -0.15) is 0 Å². The first-order chi connectivity index (χ1) is 9.13. The molecule has 0 bridgehead atoms. The lowest BCUT2D eigenvalue weighted by Gasteiger charge is -2.21. The van der Waals surface area contributed by atoms with Crippen LogP contribution in [0.1, 0.15) is 31.2 Å². The maximum Gasteiger partial charge on any atom is 0.0349 e. The summed E-state index contributed by atoms with van der Waals surface area (Å²) in [6.45, 7) is 9.69. The predicted molar refractivity (Wildman–Crippen MR) is 85.8 cm³/mol. The molecular weight excluding hydrogens is 252 g/mol. The van der Waals surface area contributed by atoms with Crippen LogP contribution >= 0.6 is 11.3 Å². The zero-order valence-electron chi connectivity index (χ0n) is 12.4. The standard InChI is InChI=1S/C16H24N2S/c1-5-17-10-16-14(11-18(4)12(2)3)13-8-6-7-9-15(13)19-16/h6-9,12,17H,5,10-11H2,1-4H3. The molecule has 2 nitrogen and oxygen atoms in total. The number of nitrogens with zero attached hydrogens (tertiary/aromatic N) is 1. The Morgan fingerprint density at radius 1 is 1.26 bits per heavy atom. The van der Waals surface area contributed by atoms with Gasteiger partial charge in [-0.25, -0.2) is 0 Å². The fourth-order valence-electron chi connectivity index (χ4n) is 2.14. The van der Waals surface area contributed by atoms with Crippen molar-refractivity contribution in [1.29, 1.82) is 0 Å². The third-order valence-electron chi connectivity index (χ3n) is 3.61. The van der Waals surface area contributed by atoms with Gasteiger partial charge in [0.2, 0.25) is 0 Å². The normalized spacial score (nSPS) is 11.9. The molecule has 0 fully saturated rings. The lowest BCUT2D eigenvalue weighted by atomic mass is 10.1. The molecule has 0 unspecified atom stereocenters. The molecule has 0 aliphatic carbocycles. The minimum Gasteiger partial charge on any atom is -0.312 e. The Kier molecular flexibility index (Phi) is 4.97. The van der Waals surface area contributed by atoms with Gasteiger partial charge in [-0.05, 0) is 44.5 Å². The topological polar surface area (TPSA) is 15.3 Å². The van der Waals surface area contributed by atoms with Gasteiger partial charge in [0.1, 0.15) is 0 Å². The van der Waals surface area contributed by atoms with Crippen LogP contribution < -0.4 is 5.32 Å². The third kappa shape index (κ3) is 3.35. The quantitative estimate of drug-likeness (QED) is 0.862. The van der Waals surface area contributed by atoms with Crippen molar-refractivity contribution in [2.24, 2.45) is 0 Å². The van der Waals surface area contributed by atoms with Gasteiger partial charge in [-0.3, -0.25) is 4.90 Å². The van der Waals surface area contributed by atoms with Gasteiger partial charge < -0.3 is 5.32 Å². The minimum atomic E-state index is 0.575. The fourth-order valence-corrected chi connectivity index (χ4v) is 3.32. The van der Waals surface area contributed by atoms with E-state index in [0.29, 0.717) is 6.04 Å². The van der Waals surface area contributed by atoms with Gasteiger partial charge in [-0.1, -0.05) is 25.1 Å². The molecule has 0 atom stereocenters. The van der Waals surface area contributed by atoms with Crippen LogP contribution in [-0.4, -0.2) is 24.5 Å². The highest BCUT2D eigenvalue weighted by Crippen LogP contribution is 2.32. The van der Waals surface area contributed by atoms with Crippen LogP contribution in [0.25, 0.3) is 10.1 Å². The average molecular weight is 276 g/mol. The molecule has 1 aromatic heterocycles. The van der Waals surface area contributed by atoms with E-state index in [1.165, 1.54) is 20.5 Å².